The van der Waals surface area contributed by atoms with Crippen molar-refractivity contribution < 1.29 is 17.6 Å². The highest BCUT2D eigenvalue weighted by atomic mass is 32.2. The van der Waals surface area contributed by atoms with Gasteiger partial charge in [-0.1, -0.05) is 30.3 Å². The fraction of sp³-hybridized carbons (Fsp3) is 0.0833. The monoisotopic (exact) mass is 448 g/mol. The summed E-state index contributed by atoms with van der Waals surface area (Å²) in [6.45, 7) is 0.499. The summed E-state index contributed by atoms with van der Waals surface area (Å²) >= 11 is 0. The molecule has 0 aliphatic rings. The van der Waals surface area contributed by atoms with E-state index in [0.717, 1.165) is 12.0 Å². The van der Waals surface area contributed by atoms with Gasteiger partial charge in [-0.2, -0.15) is 0 Å². The van der Waals surface area contributed by atoms with E-state index in [2.05, 4.69) is 10.0 Å². The summed E-state index contributed by atoms with van der Waals surface area (Å²) in [5.74, 6) is -0.230. The van der Waals surface area contributed by atoms with Gasteiger partial charge in [-0.05, 0) is 60.5 Å². The van der Waals surface area contributed by atoms with Gasteiger partial charge < -0.3 is 9.73 Å². The minimum Gasteiger partial charge on any atom is -0.423 e. The normalized spacial score (nSPS) is 11.2. The standard InChI is InChI=1S/C24H20N2O5S/c27-23-13-8-19-16-21(11-12-22(19)31-23)32(29,30)26-20-9-6-18(7-10-20)24(28)25-15-14-17-4-2-1-3-5-17/h1-13,16,26H,14-15H2,(H,25,28). The molecule has 4 rings (SSSR count). The lowest BCUT2D eigenvalue weighted by molar-refractivity contribution is 0.0954. The van der Waals surface area contributed by atoms with Crippen molar-refractivity contribution in [3.8, 4) is 0 Å². The van der Waals surface area contributed by atoms with Crippen LogP contribution in [0.5, 0.6) is 0 Å². The maximum atomic E-state index is 12.7. The zero-order valence-corrected chi connectivity index (χ0v) is 17.8. The van der Waals surface area contributed by atoms with E-state index >= 15 is 0 Å². The van der Waals surface area contributed by atoms with Crippen LogP contribution in [-0.4, -0.2) is 20.9 Å². The van der Waals surface area contributed by atoms with Crippen LogP contribution in [0.2, 0.25) is 0 Å². The van der Waals surface area contributed by atoms with Gasteiger partial charge in [-0.15, -0.1) is 0 Å². The maximum Gasteiger partial charge on any atom is 0.336 e. The minimum absolute atomic E-state index is 0.0292. The summed E-state index contributed by atoms with van der Waals surface area (Å²) in [5.41, 5.74) is 1.69. The number of sulfonamides is 1. The second-order valence-electron chi connectivity index (χ2n) is 7.13. The number of nitrogens with one attached hydrogen (secondary N) is 2. The molecular formula is C24H20N2O5S. The highest BCUT2D eigenvalue weighted by Gasteiger charge is 2.16. The largest absolute Gasteiger partial charge is 0.423 e. The van der Waals surface area contributed by atoms with Gasteiger partial charge in [-0.25, -0.2) is 13.2 Å². The molecule has 1 heterocycles. The first kappa shape index (κ1) is 21.3. The first-order chi connectivity index (χ1) is 15.4. The smallest absolute Gasteiger partial charge is 0.336 e. The van der Waals surface area contributed by atoms with Gasteiger partial charge in [0.05, 0.1) is 4.90 Å². The minimum atomic E-state index is -3.86. The molecule has 7 nitrogen and oxygen atoms in total. The number of carbonyl (C=O) groups is 1. The highest BCUT2D eigenvalue weighted by Crippen LogP contribution is 2.21. The lowest BCUT2D eigenvalue weighted by atomic mass is 10.1. The summed E-state index contributed by atoms with van der Waals surface area (Å²) in [4.78, 5) is 23.6. The molecule has 0 unspecified atom stereocenters. The number of carbonyl (C=O) groups excluding carboxylic acids is 1. The lowest BCUT2D eigenvalue weighted by Gasteiger charge is -2.10. The van der Waals surface area contributed by atoms with Crippen molar-refractivity contribution in [3.63, 3.8) is 0 Å². The van der Waals surface area contributed by atoms with Gasteiger partial charge in [0.1, 0.15) is 5.58 Å². The fourth-order valence-corrected chi connectivity index (χ4v) is 4.28. The number of rotatable bonds is 7. The Labute approximate surface area is 184 Å². The van der Waals surface area contributed by atoms with Crippen LogP contribution in [0.4, 0.5) is 5.69 Å². The second-order valence-corrected chi connectivity index (χ2v) is 8.81. The first-order valence-electron chi connectivity index (χ1n) is 9.90. The summed E-state index contributed by atoms with van der Waals surface area (Å²) in [6, 6.07) is 23.0. The zero-order valence-electron chi connectivity index (χ0n) is 16.9. The van der Waals surface area contributed by atoms with Crippen molar-refractivity contribution >= 4 is 32.6 Å². The van der Waals surface area contributed by atoms with Gasteiger partial charge in [0.15, 0.2) is 0 Å². The van der Waals surface area contributed by atoms with E-state index in [0.29, 0.717) is 28.8 Å². The average molecular weight is 449 g/mol. The van der Waals surface area contributed by atoms with Crippen molar-refractivity contribution in [1.82, 2.24) is 5.32 Å². The Morgan fingerprint density at radius 2 is 1.62 bits per heavy atom. The molecule has 0 fully saturated rings. The Kier molecular flexibility index (Phi) is 6.04. The number of amides is 1. The Morgan fingerprint density at radius 3 is 2.38 bits per heavy atom. The lowest BCUT2D eigenvalue weighted by Crippen LogP contribution is -2.25. The molecule has 1 amide bonds. The molecule has 0 aliphatic heterocycles. The number of anilines is 1. The van der Waals surface area contributed by atoms with Crippen LogP contribution < -0.4 is 15.7 Å². The van der Waals surface area contributed by atoms with Crippen LogP contribution in [0.3, 0.4) is 0 Å². The van der Waals surface area contributed by atoms with Crippen LogP contribution in [0.25, 0.3) is 11.0 Å². The van der Waals surface area contributed by atoms with Crippen LogP contribution in [0, 0.1) is 0 Å². The van der Waals surface area contributed by atoms with Crippen molar-refractivity contribution in [1.29, 1.82) is 0 Å². The molecule has 162 valence electrons. The summed E-state index contributed by atoms with van der Waals surface area (Å²) in [7, 11) is -3.86. The van der Waals surface area contributed by atoms with Gasteiger partial charge >= 0.3 is 5.63 Å². The third-order valence-corrected chi connectivity index (χ3v) is 6.22. The summed E-state index contributed by atoms with van der Waals surface area (Å²) in [5, 5.41) is 3.35. The third-order valence-electron chi connectivity index (χ3n) is 4.84. The fourth-order valence-electron chi connectivity index (χ4n) is 3.19. The van der Waals surface area contributed by atoms with E-state index in [1.165, 1.54) is 42.5 Å². The molecule has 4 aromatic rings. The van der Waals surface area contributed by atoms with Crippen molar-refractivity contribution in [2.45, 2.75) is 11.3 Å². The Hall–Kier alpha value is -3.91. The molecule has 0 spiro atoms. The first-order valence-corrected chi connectivity index (χ1v) is 11.4. The molecule has 0 saturated heterocycles. The molecule has 3 aromatic carbocycles. The molecule has 0 atom stereocenters. The van der Waals surface area contributed by atoms with Crippen molar-refractivity contribution in [2.24, 2.45) is 0 Å². The molecule has 8 heteroatoms. The van der Waals surface area contributed by atoms with Gasteiger partial charge in [0.25, 0.3) is 15.9 Å². The van der Waals surface area contributed by atoms with Crippen LogP contribution in [0.1, 0.15) is 15.9 Å². The predicted octanol–water partition coefficient (Wildman–Crippen LogP) is 3.57. The topological polar surface area (TPSA) is 105 Å². The van der Waals surface area contributed by atoms with Crippen molar-refractivity contribution in [3.05, 3.63) is 106 Å². The van der Waals surface area contributed by atoms with Gasteiger partial charge in [0.2, 0.25) is 0 Å². The Bertz CT molecular complexity index is 1410. The van der Waals surface area contributed by atoms with E-state index in [-0.39, 0.29) is 10.8 Å². The highest BCUT2D eigenvalue weighted by molar-refractivity contribution is 7.92. The van der Waals surface area contributed by atoms with E-state index in [9.17, 15) is 18.0 Å². The molecule has 0 aliphatic carbocycles. The molecular weight excluding hydrogens is 428 g/mol. The number of hydrogen-bond acceptors (Lipinski definition) is 5. The Balaban J connectivity index is 1.40. The van der Waals surface area contributed by atoms with Gasteiger partial charge in [0, 0.05) is 29.2 Å². The van der Waals surface area contributed by atoms with E-state index in [4.69, 9.17) is 4.42 Å². The average Bonchev–Trinajstić information content (AvgIpc) is 2.79. The number of hydrogen-bond donors (Lipinski definition) is 2. The zero-order chi connectivity index (χ0) is 22.6. The molecule has 0 radical (unpaired) electrons. The summed E-state index contributed by atoms with van der Waals surface area (Å²) in [6.07, 6.45) is 0.722. The van der Waals surface area contributed by atoms with Crippen LogP contribution in [0.15, 0.2) is 99.0 Å². The number of benzene rings is 3. The SMILES string of the molecule is O=C(NCCc1ccccc1)c1ccc(NS(=O)(=O)c2ccc3oc(=O)ccc3c2)cc1. The van der Waals surface area contributed by atoms with Crippen molar-refractivity contribution in [2.75, 3.05) is 11.3 Å². The van der Waals surface area contributed by atoms with E-state index in [1.807, 2.05) is 30.3 Å². The molecule has 0 bridgehead atoms. The number of fused-ring (bicyclic) bond motifs is 1. The molecule has 2 N–H and O–H groups in total. The predicted molar refractivity (Wildman–Crippen MR) is 122 cm³/mol. The molecule has 32 heavy (non-hydrogen) atoms. The van der Waals surface area contributed by atoms with E-state index in [1.54, 1.807) is 12.1 Å². The maximum absolute atomic E-state index is 12.7. The quantitative estimate of drug-likeness (QED) is 0.421. The molecule has 1 aromatic heterocycles. The van der Waals surface area contributed by atoms with Gasteiger partial charge in [-0.3, -0.25) is 9.52 Å². The Morgan fingerprint density at radius 1 is 0.875 bits per heavy atom. The van der Waals surface area contributed by atoms with Crippen LogP contribution in [-0.2, 0) is 16.4 Å². The molecule has 0 saturated carbocycles. The second kappa shape index (κ2) is 9.07. The summed E-state index contributed by atoms with van der Waals surface area (Å²) < 4.78 is 33.0. The van der Waals surface area contributed by atoms with Crippen LogP contribution >= 0.6 is 0 Å². The van der Waals surface area contributed by atoms with E-state index < -0.39 is 15.6 Å². The third kappa shape index (κ3) is 5.04.